The smallest absolute Gasteiger partial charge is 0.313 e. The van der Waals surface area contributed by atoms with Gasteiger partial charge in [0, 0.05) is 42.2 Å². The van der Waals surface area contributed by atoms with E-state index in [9.17, 15) is 14.0 Å². The number of Topliss-reactive ketones (excluding diaryl/α,β-unsaturated/α-hetero) is 1. The molecule has 3 heterocycles. The molecule has 1 N–H and O–H groups in total. The molecule has 1 saturated heterocycles. The first-order valence-corrected chi connectivity index (χ1v) is 16.6. The van der Waals surface area contributed by atoms with Crippen LogP contribution in [-0.4, -0.2) is 49.6 Å². The van der Waals surface area contributed by atoms with Gasteiger partial charge < -0.3 is 10.1 Å². The maximum absolute atomic E-state index is 16.3. The van der Waals surface area contributed by atoms with E-state index in [1.807, 2.05) is 45.4 Å². The first-order valence-electron chi connectivity index (χ1n) is 16.2. The van der Waals surface area contributed by atoms with Crippen molar-refractivity contribution >= 4 is 35.0 Å². The van der Waals surface area contributed by atoms with Gasteiger partial charge in [0.2, 0.25) is 0 Å². The molecule has 1 aliphatic rings. The van der Waals surface area contributed by atoms with E-state index in [4.69, 9.17) is 16.3 Å². The minimum atomic E-state index is -1.15. The second-order valence-corrected chi connectivity index (χ2v) is 15.6. The number of nitrogens with zero attached hydrogens (tertiary/aromatic N) is 4. The Bertz CT molecular complexity index is 1640. The van der Waals surface area contributed by atoms with Crippen LogP contribution in [0.3, 0.4) is 0 Å². The normalized spacial score (nSPS) is 19.2. The molecule has 0 saturated carbocycles. The summed E-state index contributed by atoms with van der Waals surface area (Å²) in [6.45, 7) is 19.6. The third-order valence-electron chi connectivity index (χ3n) is 8.52. The number of likely N-dealkylation sites (tertiary alicyclic amines) is 1. The van der Waals surface area contributed by atoms with E-state index < -0.39 is 34.5 Å². The largest absolute Gasteiger partial charge is 0.460 e. The van der Waals surface area contributed by atoms with Gasteiger partial charge in [-0.25, -0.2) is 13.8 Å². The number of benzene rings is 1. The van der Waals surface area contributed by atoms with Crippen LogP contribution in [0.1, 0.15) is 102 Å². The van der Waals surface area contributed by atoms with E-state index in [1.54, 1.807) is 46.8 Å². The van der Waals surface area contributed by atoms with Crippen LogP contribution in [0.4, 0.5) is 20.4 Å². The number of esters is 1. The first-order chi connectivity index (χ1) is 21.7. The maximum Gasteiger partial charge on any atom is 0.313 e. The lowest BCUT2D eigenvalue weighted by molar-refractivity contribution is -0.172. The van der Waals surface area contributed by atoms with Crippen LogP contribution in [0.15, 0.2) is 30.3 Å². The quantitative estimate of drug-likeness (QED) is 0.180. The van der Waals surface area contributed by atoms with Crippen LogP contribution < -0.4 is 5.32 Å². The van der Waals surface area contributed by atoms with Crippen molar-refractivity contribution < 1.29 is 23.1 Å². The van der Waals surface area contributed by atoms with Crippen LogP contribution in [0.2, 0.25) is 5.02 Å². The van der Waals surface area contributed by atoms with E-state index in [1.165, 1.54) is 12.1 Å². The van der Waals surface area contributed by atoms with Gasteiger partial charge in [-0.05, 0) is 86.9 Å². The zero-order valence-corrected chi connectivity index (χ0v) is 30.0. The van der Waals surface area contributed by atoms with Crippen molar-refractivity contribution in [3.05, 3.63) is 69.5 Å². The average Bonchev–Trinajstić information content (AvgIpc) is 3.33. The Balaban J connectivity index is 1.74. The van der Waals surface area contributed by atoms with Gasteiger partial charge in [-0.1, -0.05) is 37.6 Å². The molecule has 4 rings (SSSR count). The number of pyridine rings is 1. The Morgan fingerprint density at radius 1 is 1.11 bits per heavy atom. The fourth-order valence-corrected chi connectivity index (χ4v) is 6.42. The van der Waals surface area contributed by atoms with Crippen molar-refractivity contribution in [1.82, 2.24) is 19.7 Å². The molecule has 0 aliphatic carbocycles. The Hall–Kier alpha value is -3.37. The number of carbonyl (C=O) groups is 2. The molecule has 2 aromatic heterocycles. The third-order valence-corrected chi connectivity index (χ3v) is 8.82. The lowest BCUT2D eigenvalue weighted by atomic mass is 9.71. The number of ketones is 1. The SMILES string of the molecule is Cc1cc(Nc2cc(C(=O)C(C)C)c(F)c(CC3(C(=O)OC(C)(C)C)CCN(Cc4cccc(Cl)c4F)C(C)C3)n2)nn1C(C)(C)C. The number of aryl methyl sites for hydroxylation is 1. The van der Waals surface area contributed by atoms with E-state index in [2.05, 4.69) is 20.3 Å². The predicted octanol–water partition coefficient (Wildman–Crippen LogP) is 8.41. The van der Waals surface area contributed by atoms with Crippen molar-refractivity contribution in [1.29, 1.82) is 0 Å². The highest BCUT2D eigenvalue weighted by molar-refractivity contribution is 6.30. The molecule has 2 unspecified atom stereocenters. The number of halogens is 3. The van der Waals surface area contributed by atoms with Gasteiger partial charge in [-0.2, -0.15) is 5.10 Å². The zero-order chi connectivity index (χ0) is 35.1. The van der Waals surface area contributed by atoms with Gasteiger partial charge >= 0.3 is 5.97 Å². The predicted molar refractivity (Wildman–Crippen MR) is 181 cm³/mol. The van der Waals surface area contributed by atoms with E-state index in [0.717, 1.165) is 5.69 Å². The van der Waals surface area contributed by atoms with E-state index >= 15 is 4.39 Å². The minimum absolute atomic E-state index is 0.00151. The first kappa shape index (κ1) is 36.5. The molecule has 47 heavy (non-hydrogen) atoms. The number of nitrogens with one attached hydrogen (secondary N) is 1. The summed E-state index contributed by atoms with van der Waals surface area (Å²) in [6.07, 6.45) is 0.544. The van der Waals surface area contributed by atoms with Gasteiger partial charge in [0.05, 0.1) is 27.2 Å². The van der Waals surface area contributed by atoms with Gasteiger partial charge in [-0.15, -0.1) is 0 Å². The summed E-state index contributed by atoms with van der Waals surface area (Å²) >= 11 is 6.04. The number of anilines is 2. The van der Waals surface area contributed by atoms with Gasteiger partial charge in [0.25, 0.3) is 0 Å². The highest BCUT2D eigenvalue weighted by atomic mass is 35.5. The molecule has 2 atom stereocenters. The summed E-state index contributed by atoms with van der Waals surface area (Å²) in [4.78, 5) is 34.0. The topological polar surface area (TPSA) is 89.3 Å². The molecule has 0 bridgehead atoms. The number of ether oxygens (including phenoxy) is 1. The Morgan fingerprint density at radius 3 is 2.36 bits per heavy atom. The summed E-state index contributed by atoms with van der Waals surface area (Å²) in [5, 5.41) is 7.90. The van der Waals surface area contributed by atoms with Crippen LogP contribution in [-0.2, 0) is 28.0 Å². The molecule has 0 radical (unpaired) electrons. The van der Waals surface area contributed by atoms with Crippen molar-refractivity contribution in [2.75, 3.05) is 11.9 Å². The molecule has 0 amide bonds. The highest BCUT2D eigenvalue weighted by Gasteiger charge is 2.47. The minimum Gasteiger partial charge on any atom is -0.460 e. The Labute approximate surface area is 282 Å². The number of hydrogen-bond acceptors (Lipinski definition) is 7. The average molecular weight is 672 g/mol. The molecule has 1 aliphatic heterocycles. The molecule has 1 fully saturated rings. The molecular weight excluding hydrogens is 624 g/mol. The summed E-state index contributed by atoms with van der Waals surface area (Å²) in [5.41, 5.74) is -0.922. The van der Waals surface area contributed by atoms with Gasteiger partial charge in [0.15, 0.2) is 17.4 Å². The fraction of sp³-hybridized carbons (Fsp3) is 0.556. The number of aromatic nitrogens is 3. The summed E-state index contributed by atoms with van der Waals surface area (Å²) < 4.78 is 39.0. The lowest BCUT2D eigenvalue weighted by Crippen LogP contribution is -2.51. The Kier molecular flexibility index (Phi) is 10.6. The van der Waals surface area contributed by atoms with Crippen molar-refractivity contribution in [3.8, 4) is 0 Å². The van der Waals surface area contributed by atoms with Crippen LogP contribution in [0.25, 0.3) is 0 Å². The molecular formula is C36H48ClF2N5O3. The molecule has 0 spiro atoms. The van der Waals surface area contributed by atoms with Crippen molar-refractivity contribution in [3.63, 3.8) is 0 Å². The standard InChI is InChI=1S/C36H48ClF2N5O3/c1-21(2)32(45)25-17-28(41-29-16-22(3)44(42-29)34(5,6)7)40-27(31(25)39)19-36(33(46)47-35(8,9)10)14-15-43(23(4)18-36)20-24-12-11-13-26(37)30(24)38/h11-13,16-17,21,23H,14-15,18-20H2,1-10H3,(H,40,41,42). The Morgan fingerprint density at radius 2 is 1.79 bits per heavy atom. The van der Waals surface area contributed by atoms with Crippen LogP contribution in [0, 0.1) is 29.9 Å². The lowest BCUT2D eigenvalue weighted by Gasteiger charge is -2.45. The zero-order valence-electron chi connectivity index (χ0n) is 29.2. The number of hydrogen-bond donors (Lipinski definition) is 1. The van der Waals surface area contributed by atoms with Gasteiger partial charge in [0.1, 0.15) is 17.2 Å². The number of rotatable bonds is 9. The molecule has 3 aromatic rings. The summed E-state index contributed by atoms with van der Waals surface area (Å²) in [5.74, 6) is -1.75. The molecule has 8 nitrogen and oxygen atoms in total. The van der Waals surface area contributed by atoms with Crippen LogP contribution >= 0.6 is 11.6 Å². The second-order valence-electron chi connectivity index (χ2n) is 15.2. The third kappa shape index (κ3) is 8.38. The number of carbonyl (C=O) groups excluding carboxylic acids is 2. The number of piperidine rings is 1. The van der Waals surface area contributed by atoms with Crippen molar-refractivity contribution in [2.45, 2.75) is 112 Å². The molecule has 256 valence electrons. The summed E-state index contributed by atoms with van der Waals surface area (Å²) in [6, 6.07) is 8.00. The van der Waals surface area contributed by atoms with Gasteiger partial charge in [-0.3, -0.25) is 19.2 Å². The fourth-order valence-electron chi connectivity index (χ4n) is 6.22. The summed E-state index contributed by atoms with van der Waals surface area (Å²) in [7, 11) is 0. The van der Waals surface area contributed by atoms with Crippen molar-refractivity contribution in [2.24, 2.45) is 11.3 Å². The maximum atomic E-state index is 16.3. The highest BCUT2D eigenvalue weighted by Crippen LogP contribution is 2.42. The van der Waals surface area contributed by atoms with Crippen LogP contribution in [0.5, 0.6) is 0 Å². The van der Waals surface area contributed by atoms with E-state index in [-0.39, 0.29) is 45.9 Å². The monoisotopic (exact) mass is 671 g/mol. The second kappa shape index (κ2) is 13.6. The molecule has 11 heteroatoms. The van der Waals surface area contributed by atoms with E-state index in [0.29, 0.717) is 37.3 Å². The molecule has 1 aromatic carbocycles.